The fourth-order valence-electron chi connectivity index (χ4n) is 4.33. The van der Waals surface area contributed by atoms with Gasteiger partial charge >= 0.3 is 5.97 Å². The van der Waals surface area contributed by atoms with Gasteiger partial charge < -0.3 is 9.15 Å². The average molecular weight is 605 g/mol. The number of nitro groups is 1. The smallest absolute Gasteiger partial charge is 0.342 e. The molecule has 4 aromatic carbocycles. The molecule has 5 rings (SSSR count). The molecule has 0 atom stereocenters. The van der Waals surface area contributed by atoms with Crippen molar-refractivity contribution in [1.82, 2.24) is 0 Å². The number of carbonyl (C=O) groups excluding carboxylic acids is 2. The lowest BCUT2D eigenvalue weighted by molar-refractivity contribution is -0.384. The van der Waals surface area contributed by atoms with E-state index < -0.39 is 26.8 Å². The first-order valence-electron chi connectivity index (χ1n) is 12.5. The molecule has 12 heteroatoms. The Labute approximate surface area is 244 Å². The standard InChI is InChI=1S/C30H21ClN2O8S/c1-2-40-30(35)27-25-18-23(14-17-26(25)41-28(27)19-6-4-3-5-7-19)32(42(38,39)24-15-10-21(31)11-16-24)29(34)20-8-12-22(13-9-20)33(36)37/h3-18H,2H2,1H3. The molecule has 0 aliphatic heterocycles. The summed E-state index contributed by atoms with van der Waals surface area (Å²) in [5.41, 5.74) is 0.406. The summed E-state index contributed by atoms with van der Waals surface area (Å²) < 4.78 is 39.8. The van der Waals surface area contributed by atoms with E-state index in [-0.39, 0.29) is 55.8 Å². The molecule has 1 amide bonds. The largest absolute Gasteiger partial charge is 0.462 e. The lowest BCUT2D eigenvalue weighted by Crippen LogP contribution is -2.37. The first kappa shape index (κ1) is 28.5. The molecule has 42 heavy (non-hydrogen) atoms. The van der Waals surface area contributed by atoms with E-state index in [0.717, 1.165) is 12.1 Å². The summed E-state index contributed by atoms with van der Waals surface area (Å²) in [5, 5.41) is 11.6. The highest BCUT2D eigenvalue weighted by molar-refractivity contribution is 7.93. The van der Waals surface area contributed by atoms with Gasteiger partial charge in [0.2, 0.25) is 0 Å². The monoisotopic (exact) mass is 604 g/mol. The van der Waals surface area contributed by atoms with E-state index in [1.54, 1.807) is 37.3 Å². The van der Waals surface area contributed by atoms with Crippen LogP contribution in [0.2, 0.25) is 5.02 Å². The van der Waals surface area contributed by atoms with E-state index in [9.17, 15) is 28.1 Å². The summed E-state index contributed by atoms with van der Waals surface area (Å²) >= 11 is 5.96. The van der Waals surface area contributed by atoms with Crippen LogP contribution in [0.3, 0.4) is 0 Å². The molecule has 0 N–H and O–H groups in total. The minimum atomic E-state index is -4.56. The number of ether oxygens (including phenoxy) is 1. The number of fused-ring (bicyclic) bond motifs is 1. The zero-order valence-electron chi connectivity index (χ0n) is 21.9. The molecule has 10 nitrogen and oxygen atoms in total. The van der Waals surface area contributed by atoms with Gasteiger partial charge in [-0.05, 0) is 61.5 Å². The van der Waals surface area contributed by atoms with Crippen molar-refractivity contribution < 1.29 is 32.1 Å². The van der Waals surface area contributed by atoms with Crippen LogP contribution in [-0.2, 0) is 14.8 Å². The SMILES string of the molecule is CCOC(=O)c1c(-c2ccccc2)oc2ccc(N(C(=O)c3ccc([N+](=O)[O-])cc3)S(=O)(=O)c3ccc(Cl)cc3)cc12. The number of sulfonamides is 1. The molecule has 0 saturated carbocycles. The van der Waals surface area contributed by atoms with Gasteiger partial charge in [-0.15, -0.1) is 0 Å². The highest BCUT2D eigenvalue weighted by Crippen LogP contribution is 2.38. The summed E-state index contributed by atoms with van der Waals surface area (Å²) in [6, 6.07) is 22.8. The van der Waals surface area contributed by atoms with Gasteiger partial charge in [0.25, 0.3) is 21.6 Å². The van der Waals surface area contributed by atoms with E-state index in [4.69, 9.17) is 20.8 Å². The maximum absolute atomic E-state index is 14.0. The zero-order chi connectivity index (χ0) is 30.0. The molecule has 0 fully saturated rings. The Morgan fingerprint density at radius 3 is 2.24 bits per heavy atom. The van der Waals surface area contributed by atoms with E-state index in [1.807, 2.05) is 0 Å². The third-order valence-corrected chi connectivity index (χ3v) is 8.26. The van der Waals surface area contributed by atoms with Gasteiger partial charge in [-0.2, -0.15) is 4.31 Å². The van der Waals surface area contributed by atoms with Crippen LogP contribution in [0.4, 0.5) is 11.4 Å². The van der Waals surface area contributed by atoms with Gasteiger partial charge in [-0.3, -0.25) is 14.9 Å². The third kappa shape index (κ3) is 5.35. The molecule has 0 saturated heterocycles. The average Bonchev–Trinajstić information content (AvgIpc) is 3.37. The molecule has 0 aliphatic carbocycles. The number of non-ortho nitro benzene ring substituents is 1. The molecule has 5 aromatic rings. The molecule has 0 radical (unpaired) electrons. The Hall–Kier alpha value is -5.00. The van der Waals surface area contributed by atoms with Crippen LogP contribution in [0.25, 0.3) is 22.3 Å². The summed E-state index contributed by atoms with van der Waals surface area (Å²) in [4.78, 5) is 37.2. The summed E-state index contributed by atoms with van der Waals surface area (Å²) in [6.45, 7) is 1.73. The molecule has 0 spiro atoms. The molecule has 0 unspecified atom stereocenters. The second-order valence-corrected chi connectivity index (χ2v) is 11.1. The lowest BCUT2D eigenvalue weighted by atomic mass is 10.1. The van der Waals surface area contributed by atoms with E-state index in [1.165, 1.54) is 54.6 Å². The number of benzene rings is 4. The number of nitrogens with zero attached hydrogens (tertiary/aromatic N) is 2. The quantitative estimate of drug-likeness (QED) is 0.106. The summed E-state index contributed by atoms with van der Waals surface area (Å²) in [5.74, 6) is -1.46. The Morgan fingerprint density at radius 1 is 0.952 bits per heavy atom. The third-order valence-electron chi connectivity index (χ3n) is 6.28. The Bertz CT molecular complexity index is 1920. The lowest BCUT2D eigenvalue weighted by Gasteiger charge is -2.23. The topological polar surface area (TPSA) is 137 Å². The number of hydrogen-bond acceptors (Lipinski definition) is 8. The van der Waals surface area contributed by atoms with Gasteiger partial charge in [0.15, 0.2) is 0 Å². The number of anilines is 1. The number of hydrogen-bond donors (Lipinski definition) is 0. The predicted octanol–water partition coefficient (Wildman–Crippen LogP) is 6.87. The highest BCUT2D eigenvalue weighted by atomic mass is 35.5. The highest BCUT2D eigenvalue weighted by Gasteiger charge is 2.33. The molecule has 1 aromatic heterocycles. The minimum Gasteiger partial charge on any atom is -0.462 e. The maximum atomic E-state index is 14.0. The van der Waals surface area contributed by atoms with Crippen molar-refractivity contribution in [2.45, 2.75) is 11.8 Å². The molecule has 1 heterocycles. The van der Waals surface area contributed by atoms with Crippen LogP contribution in [0.1, 0.15) is 27.6 Å². The van der Waals surface area contributed by atoms with Gasteiger partial charge in [0.05, 0.1) is 22.1 Å². The first-order chi connectivity index (χ1) is 20.1. The molecule has 0 aliphatic rings. The van der Waals surface area contributed by atoms with Gasteiger partial charge in [0.1, 0.15) is 16.9 Å². The second-order valence-electron chi connectivity index (χ2n) is 8.91. The summed E-state index contributed by atoms with van der Waals surface area (Å²) in [6.07, 6.45) is 0. The number of halogens is 1. The van der Waals surface area contributed by atoms with Crippen LogP contribution < -0.4 is 4.31 Å². The predicted molar refractivity (Wildman–Crippen MR) is 156 cm³/mol. The first-order valence-corrected chi connectivity index (χ1v) is 14.3. The molecular weight excluding hydrogens is 584 g/mol. The second kappa shape index (κ2) is 11.5. The van der Waals surface area contributed by atoms with Crippen LogP contribution >= 0.6 is 11.6 Å². The fourth-order valence-corrected chi connectivity index (χ4v) is 5.86. The van der Waals surface area contributed by atoms with E-state index in [2.05, 4.69) is 0 Å². The van der Waals surface area contributed by atoms with E-state index >= 15 is 0 Å². The van der Waals surface area contributed by atoms with Crippen molar-refractivity contribution in [3.8, 4) is 11.3 Å². The van der Waals surface area contributed by atoms with Crippen LogP contribution in [0.15, 0.2) is 106 Å². The van der Waals surface area contributed by atoms with Crippen molar-refractivity contribution in [3.05, 3.63) is 123 Å². The van der Waals surface area contributed by atoms with Gasteiger partial charge in [-0.1, -0.05) is 41.9 Å². The molecular formula is C30H21ClN2O8S. The van der Waals surface area contributed by atoms with Gasteiger partial charge in [-0.25, -0.2) is 13.2 Å². The zero-order valence-corrected chi connectivity index (χ0v) is 23.5. The molecule has 212 valence electrons. The number of amides is 1. The number of carbonyl (C=O) groups is 2. The van der Waals surface area contributed by atoms with Crippen molar-refractivity contribution in [2.75, 3.05) is 10.9 Å². The van der Waals surface area contributed by atoms with Gasteiger partial charge in [0, 0.05) is 33.7 Å². The number of esters is 1. The summed E-state index contributed by atoms with van der Waals surface area (Å²) in [7, 11) is -4.56. The normalized spacial score (nSPS) is 11.3. The Kier molecular flexibility index (Phi) is 7.79. The van der Waals surface area contributed by atoms with Crippen molar-refractivity contribution in [2.24, 2.45) is 0 Å². The van der Waals surface area contributed by atoms with Crippen molar-refractivity contribution in [3.63, 3.8) is 0 Å². The van der Waals surface area contributed by atoms with Crippen molar-refractivity contribution >= 4 is 55.8 Å². The van der Waals surface area contributed by atoms with E-state index in [0.29, 0.717) is 9.87 Å². The number of rotatable bonds is 8. The number of nitro benzene ring substituents is 1. The molecule has 0 bridgehead atoms. The van der Waals surface area contributed by atoms with Crippen LogP contribution in [0.5, 0.6) is 0 Å². The van der Waals surface area contributed by atoms with Crippen molar-refractivity contribution in [1.29, 1.82) is 0 Å². The Morgan fingerprint density at radius 2 is 1.62 bits per heavy atom. The maximum Gasteiger partial charge on any atom is 0.342 e. The van der Waals surface area contributed by atoms with Crippen LogP contribution in [-0.4, -0.2) is 31.8 Å². The minimum absolute atomic E-state index is 0.0616. The van der Waals surface area contributed by atoms with Crippen LogP contribution in [0, 0.1) is 10.1 Å². The number of furan rings is 1. The Balaban J connectivity index is 1.73. The fraction of sp³-hybridized carbons (Fsp3) is 0.0667.